The fourth-order valence-electron chi connectivity index (χ4n) is 1.24. The lowest BCUT2D eigenvalue weighted by Gasteiger charge is -2.16. The molecule has 13 heavy (non-hydrogen) atoms. The standard InChI is InChI=1S/C10H18N2S/c1-10(2,3)6-4-5-8-7-13-9(11)12-8/h7H,4-6H2,1-3H3,(H2,11,12). The molecule has 0 atom stereocenters. The van der Waals surface area contributed by atoms with E-state index < -0.39 is 0 Å². The van der Waals surface area contributed by atoms with Gasteiger partial charge in [0.25, 0.3) is 0 Å². The van der Waals surface area contributed by atoms with Crippen LogP contribution in [0.5, 0.6) is 0 Å². The minimum absolute atomic E-state index is 0.432. The van der Waals surface area contributed by atoms with Crippen LogP contribution in [-0.2, 0) is 6.42 Å². The van der Waals surface area contributed by atoms with Crippen LogP contribution in [0, 0.1) is 5.41 Å². The number of nitrogen functional groups attached to an aromatic ring is 1. The molecular formula is C10H18N2S. The Morgan fingerprint density at radius 1 is 1.46 bits per heavy atom. The minimum atomic E-state index is 0.432. The van der Waals surface area contributed by atoms with Crippen molar-refractivity contribution in [3.8, 4) is 0 Å². The molecule has 0 radical (unpaired) electrons. The minimum Gasteiger partial charge on any atom is -0.375 e. The van der Waals surface area contributed by atoms with Crippen molar-refractivity contribution in [2.45, 2.75) is 40.0 Å². The monoisotopic (exact) mass is 198 g/mol. The number of anilines is 1. The van der Waals surface area contributed by atoms with Crippen molar-refractivity contribution in [3.63, 3.8) is 0 Å². The molecular weight excluding hydrogens is 180 g/mol. The van der Waals surface area contributed by atoms with Crippen molar-refractivity contribution >= 4 is 16.5 Å². The highest BCUT2D eigenvalue weighted by Crippen LogP contribution is 2.22. The number of rotatable bonds is 3. The van der Waals surface area contributed by atoms with Crippen molar-refractivity contribution < 1.29 is 0 Å². The zero-order chi connectivity index (χ0) is 9.90. The van der Waals surface area contributed by atoms with E-state index in [2.05, 4.69) is 31.1 Å². The van der Waals surface area contributed by atoms with Crippen LogP contribution < -0.4 is 5.73 Å². The lowest BCUT2D eigenvalue weighted by Crippen LogP contribution is -2.05. The van der Waals surface area contributed by atoms with Crippen molar-refractivity contribution in [1.82, 2.24) is 4.98 Å². The first-order valence-corrected chi connectivity index (χ1v) is 5.55. The molecule has 0 aliphatic heterocycles. The molecule has 0 aromatic carbocycles. The summed E-state index contributed by atoms with van der Waals surface area (Å²) >= 11 is 1.53. The second-order valence-corrected chi connectivity index (χ2v) is 5.48. The summed E-state index contributed by atoms with van der Waals surface area (Å²) in [4.78, 5) is 4.23. The summed E-state index contributed by atoms with van der Waals surface area (Å²) in [7, 11) is 0. The van der Waals surface area contributed by atoms with Gasteiger partial charge in [-0.15, -0.1) is 11.3 Å². The SMILES string of the molecule is CC(C)(C)CCCc1csc(N)n1. The second kappa shape index (κ2) is 4.09. The van der Waals surface area contributed by atoms with Gasteiger partial charge in [-0.1, -0.05) is 20.8 Å². The predicted octanol–water partition coefficient (Wildman–Crippen LogP) is 3.09. The number of nitrogens with two attached hydrogens (primary N) is 1. The lowest BCUT2D eigenvalue weighted by molar-refractivity contribution is 0.365. The van der Waals surface area contributed by atoms with Crippen molar-refractivity contribution in [1.29, 1.82) is 0 Å². The average Bonchev–Trinajstić information content (AvgIpc) is 2.33. The smallest absolute Gasteiger partial charge is 0.180 e. The Morgan fingerprint density at radius 3 is 2.62 bits per heavy atom. The largest absolute Gasteiger partial charge is 0.375 e. The highest BCUT2D eigenvalue weighted by atomic mass is 32.1. The van der Waals surface area contributed by atoms with E-state index in [0.29, 0.717) is 10.5 Å². The topological polar surface area (TPSA) is 38.9 Å². The van der Waals surface area contributed by atoms with E-state index in [0.717, 1.165) is 12.1 Å². The molecule has 74 valence electrons. The van der Waals surface area contributed by atoms with Gasteiger partial charge in [0, 0.05) is 5.38 Å². The highest BCUT2D eigenvalue weighted by Gasteiger charge is 2.09. The van der Waals surface area contributed by atoms with Gasteiger partial charge in [0.05, 0.1) is 5.69 Å². The van der Waals surface area contributed by atoms with Gasteiger partial charge in [0.15, 0.2) is 5.13 Å². The van der Waals surface area contributed by atoms with Crippen LogP contribution in [0.25, 0.3) is 0 Å². The zero-order valence-electron chi connectivity index (χ0n) is 8.63. The van der Waals surface area contributed by atoms with Crippen LogP contribution in [0.3, 0.4) is 0 Å². The van der Waals surface area contributed by atoms with Crippen LogP contribution >= 0.6 is 11.3 Å². The Kier molecular flexibility index (Phi) is 3.31. The van der Waals surface area contributed by atoms with Gasteiger partial charge in [-0.3, -0.25) is 0 Å². The number of nitrogens with zero attached hydrogens (tertiary/aromatic N) is 1. The fourth-order valence-corrected chi connectivity index (χ4v) is 1.83. The van der Waals surface area contributed by atoms with Gasteiger partial charge in [0.1, 0.15) is 0 Å². The van der Waals surface area contributed by atoms with E-state index in [-0.39, 0.29) is 0 Å². The Labute approximate surface area is 84.2 Å². The van der Waals surface area contributed by atoms with Crippen molar-refractivity contribution in [3.05, 3.63) is 11.1 Å². The van der Waals surface area contributed by atoms with Gasteiger partial charge in [0.2, 0.25) is 0 Å². The Morgan fingerprint density at radius 2 is 2.15 bits per heavy atom. The zero-order valence-corrected chi connectivity index (χ0v) is 9.45. The van der Waals surface area contributed by atoms with E-state index in [1.54, 1.807) is 0 Å². The summed E-state index contributed by atoms with van der Waals surface area (Å²) in [5.74, 6) is 0. The summed E-state index contributed by atoms with van der Waals surface area (Å²) in [6.07, 6.45) is 3.50. The maximum absolute atomic E-state index is 5.54. The molecule has 0 fully saturated rings. The third-order valence-electron chi connectivity index (χ3n) is 1.93. The van der Waals surface area contributed by atoms with Gasteiger partial charge in [-0.05, 0) is 24.7 Å². The van der Waals surface area contributed by atoms with Gasteiger partial charge in [-0.25, -0.2) is 4.98 Å². The number of hydrogen-bond donors (Lipinski definition) is 1. The summed E-state index contributed by atoms with van der Waals surface area (Å²) in [5, 5.41) is 2.74. The highest BCUT2D eigenvalue weighted by molar-refractivity contribution is 7.13. The molecule has 0 saturated heterocycles. The first-order valence-electron chi connectivity index (χ1n) is 4.67. The first kappa shape index (κ1) is 10.5. The van der Waals surface area contributed by atoms with Crippen LogP contribution in [-0.4, -0.2) is 4.98 Å². The van der Waals surface area contributed by atoms with E-state index in [1.165, 1.54) is 24.2 Å². The Hall–Kier alpha value is -0.570. The molecule has 1 heterocycles. The van der Waals surface area contributed by atoms with E-state index in [9.17, 15) is 0 Å². The van der Waals surface area contributed by atoms with E-state index >= 15 is 0 Å². The van der Waals surface area contributed by atoms with Gasteiger partial charge < -0.3 is 5.73 Å². The molecule has 0 unspecified atom stereocenters. The summed E-state index contributed by atoms with van der Waals surface area (Å²) in [6, 6.07) is 0. The molecule has 3 heteroatoms. The number of hydrogen-bond acceptors (Lipinski definition) is 3. The van der Waals surface area contributed by atoms with Gasteiger partial charge in [-0.2, -0.15) is 0 Å². The van der Waals surface area contributed by atoms with E-state index in [4.69, 9.17) is 5.73 Å². The summed E-state index contributed by atoms with van der Waals surface area (Å²) in [5.41, 5.74) is 7.12. The number of thiazole rings is 1. The summed E-state index contributed by atoms with van der Waals surface area (Å²) < 4.78 is 0. The molecule has 0 aliphatic carbocycles. The Bertz CT molecular complexity index is 260. The molecule has 2 nitrogen and oxygen atoms in total. The molecule has 0 spiro atoms. The number of aromatic nitrogens is 1. The molecule has 1 aromatic heterocycles. The maximum Gasteiger partial charge on any atom is 0.180 e. The third-order valence-corrected chi connectivity index (χ3v) is 2.65. The van der Waals surface area contributed by atoms with Crippen LogP contribution in [0.1, 0.15) is 39.3 Å². The molecule has 0 saturated carbocycles. The first-order chi connectivity index (χ1) is 5.97. The normalized spacial score (nSPS) is 11.9. The second-order valence-electron chi connectivity index (χ2n) is 4.59. The van der Waals surface area contributed by atoms with Crippen LogP contribution in [0.2, 0.25) is 0 Å². The molecule has 1 rings (SSSR count). The Balaban J connectivity index is 2.28. The predicted molar refractivity (Wildman–Crippen MR) is 58.9 cm³/mol. The summed E-state index contributed by atoms with van der Waals surface area (Å²) in [6.45, 7) is 6.80. The van der Waals surface area contributed by atoms with Crippen LogP contribution in [0.4, 0.5) is 5.13 Å². The molecule has 0 amide bonds. The van der Waals surface area contributed by atoms with Crippen molar-refractivity contribution in [2.24, 2.45) is 5.41 Å². The molecule has 0 bridgehead atoms. The third kappa shape index (κ3) is 4.27. The van der Waals surface area contributed by atoms with E-state index in [1.807, 2.05) is 0 Å². The fraction of sp³-hybridized carbons (Fsp3) is 0.700. The quantitative estimate of drug-likeness (QED) is 0.810. The average molecular weight is 198 g/mol. The lowest BCUT2D eigenvalue weighted by atomic mass is 9.90. The maximum atomic E-state index is 5.54. The number of aryl methyl sites for hydroxylation is 1. The van der Waals surface area contributed by atoms with Crippen LogP contribution in [0.15, 0.2) is 5.38 Å². The molecule has 2 N–H and O–H groups in total. The molecule has 1 aromatic rings. The molecule has 0 aliphatic rings. The van der Waals surface area contributed by atoms with Gasteiger partial charge >= 0.3 is 0 Å². The van der Waals surface area contributed by atoms with Crippen molar-refractivity contribution in [2.75, 3.05) is 5.73 Å².